The second-order valence-corrected chi connectivity index (χ2v) is 15.0. The zero-order valence-corrected chi connectivity index (χ0v) is 29.8. The SMILES string of the molecule is c1cc(-c2ccc3ccccc3c2)cc(-c2c3ccc(N4CCCCC4)cc3c(-c3ccc4ccccc4c3)c3ccc(N4CCCCC4)cc23)c1. The molecule has 52 heavy (non-hydrogen) atoms. The van der Waals surface area contributed by atoms with Crippen molar-refractivity contribution in [1.29, 1.82) is 0 Å². The Balaban J connectivity index is 1.26. The van der Waals surface area contributed by atoms with Gasteiger partial charge in [0.05, 0.1) is 0 Å². The topological polar surface area (TPSA) is 6.48 Å². The lowest BCUT2D eigenvalue weighted by Gasteiger charge is -2.30. The molecule has 2 aliphatic heterocycles. The van der Waals surface area contributed by atoms with Gasteiger partial charge in [0.1, 0.15) is 0 Å². The maximum absolute atomic E-state index is 2.61. The van der Waals surface area contributed by atoms with Gasteiger partial charge in [0.15, 0.2) is 0 Å². The summed E-state index contributed by atoms with van der Waals surface area (Å²) >= 11 is 0. The van der Waals surface area contributed by atoms with Crippen molar-refractivity contribution in [2.45, 2.75) is 38.5 Å². The third-order valence-electron chi connectivity index (χ3n) is 11.8. The first-order chi connectivity index (χ1) is 25.8. The molecule has 10 rings (SSSR count). The number of hydrogen-bond donors (Lipinski definition) is 0. The maximum atomic E-state index is 2.61. The standard InChI is InChI=1S/C50H44N2/c1-7-26-51(27-8-1)43-23-25-46-47(33-43)49(41-17-11-16-39(32-41)40-20-18-35-12-3-5-14-37(35)30-40)45-24-22-44(52-28-9-2-10-29-52)34-48(45)50(46)42-21-19-36-13-4-6-15-38(36)31-42/h3-6,11-25,30-34H,1-2,7-10,26-29H2. The van der Waals surface area contributed by atoms with Crippen LogP contribution < -0.4 is 9.80 Å². The largest absolute Gasteiger partial charge is 0.372 e. The monoisotopic (exact) mass is 672 g/mol. The second-order valence-electron chi connectivity index (χ2n) is 15.0. The molecule has 0 amide bonds. The van der Waals surface area contributed by atoms with Crippen LogP contribution in [0.2, 0.25) is 0 Å². The van der Waals surface area contributed by atoms with Crippen molar-refractivity contribution in [3.8, 4) is 33.4 Å². The van der Waals surface area contributed by atoms with E-state index < -0.39 is 0 Å². The Morgan fingerprint density at radius 2 is 0.731 bits per heavy atom. The van der Waals surface area contributed by atoms with Crippen molar-refractivity contribution >= 4 is 54.5 Å². The van der Waals surface area contributed by atoms with E-state index in [1.54, 1.807) is 0 Å². The van der Waals surface area contributed by atoms with Crippen molar-refractivity contribution in [2.75, 3.05) is 36.0 Å². The Morgan fingerprint density at radius 1 is 0.288 bits per heavy atom. The third kappa shape index (κ3) is 5.58. The summed E-state index contributed by atoms with van der Waals surface area (Å²) in [6, 6.07) is 55.4. The number of piperidine rings is 2. The Morgan fingerprint density at radius 3 is 1.29 bits per heavy atom. The first-order valence-corrected chi connectivity index (χ1v) is 19.4. The summed E-state index contributed by atoms with van der Waals surface area (Å²) in [6.07, 6.45) is 7.70. The number of fused-ring (bicyclic) bond motifs is 4. The zero-order valence-electron chi connectivity index (χ0n) is 29.8. The molecule has 8 aromatic carbocycles. The maximum Gasteiger partial charge on any atom is 0.0372 e. The normalized spacial score (nSPS) is 15.2. The van der Waals surface area contributed by atoms with Crippen LogP contribution in [-0.2, 0) is 0 Å². The van der Waals surface area contributed by atoms with Gasteiger partial charge < -0.3 is 9.80 Å². The predicted molar refractivity (Wildman–Crippen MR) is 225 cm³/mol. The summed E-state index contributed by atoms with van der Waals surface area (Å²) in [4.78, 5) is 5.22. The van der Waals surface area contributed by atoms with Gasteiger partial charge in [-0.15, -0.1) is 0 Å². The van der Waals surface area contributed by atoms with E-state index in [0.29, 0.717) is 0 Å². The quantitative estimate of drug-likeness (QED) is 0.168. The molecule has 2 heterocycles. The van der Waals surface area contributed by atoms with Gasteiger partial charge in [-0.3, -0.25) is 0 Å². The van der Waals surface area contributed by atoms with E-state index in [0.717, 1.165) is 26.2 Å². The Hall–Kier alpha value is -5.60. The molecule has 2 fully saturated rings. The van der Waals surface area contributed by atoms with E-state index >= 15 is 0 Å². The van der Waals surface area contributed by atoms with Gasteiger partial charge >= 0.3 is 0 Å². The van der Waals surface area contributed by atoms with E-state index in [1.807, 2.05) is 0 Å². The minimum Gasteiger partial charge on any atom is -0.372 e. The van der Waals surface area contributed by atoms with Gasteiger partial charge in [0.25, 0.3) is 0 Å². The number of anilines is 2. The van der Waals surface area contributed by atoms with Crippen LogP contribution in [0, 0.1) is 0 Å². The lowest BCUT2D eigenvalue weighted by Crippen LogP contribution is -2.29. The number of benzene rings is 8. The minimum absolute atomic E-state index is 1.13. The fourth-order valence-corrected chi connectivity index (χ4v) is 9.09. The fraction of sp³-hybridized carbons (Fsp3) is 0.200. The predicted octanol–water partition coefficient (Wildman–Crippen LogP) is 13.3. The first kappa shape index (κ1) is 31.2. The van der Waals surface area contributed by atoms with Crippen molar-refractivity contribution in [1.82, 2.24) is 0 Å². The molecule has 0 bridgehead atoms. The van der Waals surface area contributed by atoms with Crippen LogP contribution in [-0.4, -0.2) is 26.2 Å². The highest BCUT2D eigenvalue weighted by atomic mass is 15.1. The molecule has 0 radical (unpaired) electrons. The van der Waals surface area contributed by atoms with E-state index in [-0.39, 0.29) is 0 Å². The summed E-state index contributed by atoms with van der Waals surface area (Å²) < 4.78 is 0. The average Bonchev–Trinajstić information content (AvgIpc) is 3.22. The highest BCUT2D eigenvalue weighted by Gasteiger charge is 2.21. The van der Waals surface area contributed by atoms with Crippen molar-refractivity contribution in [3.05, 3.63) is 146 Å². The minimum atomic E-state index is 1.13. The summed E-state index contributed by atoms with van der Waals surface area (Å²) in [6.45, 7) is 4.51. The summed E-state index contributed by atoms with van der Waals surface area (Å²) in [7, 11) is 0. The third-order valence-corrected chi connectivity index (χ3v) is 11.8. The molecule has 0 atom stereocenters. The molecule has 2 heteroatoms. The first-order valence-electron chi connectivity index (χ1n) is 19.4. The highest BCUT2D eigenvalue weighted by Crippen LogP contribution is 2.47. The molecule has 0 spiro atoms. The molecule has 0 N–H and O–H groups in total. The van der Waals surface area contributed by atoms with Crippen molar-refractivity contribution in [2.24, 2.45) is 0 Å². The van der Waals surface area contributed by atoms with Gasteiger partial charge in [0.2, 0.25) is 0 Å². The summed E-state index contributed by atoms with van der Waals surface area (Å²) in [5, 5.41) is 10.4. The molecule has 0 unspecified atom stereocenters. The van der Waals surface area contributed by atoms with Gasteiger partial charge in [-0.2, -0.15) is 0 Å². The van der Waals surface area contributed by atoms with Crippen LogP contribution in [0.5, 0.6) is 0 Å². The van der Waals surface area contributed by atoms with E-state index in [4.69, 9.17) is 0 Å². The molecule has 254 valence electrons. The highest BCUT2D eigenvalue weighted by molar-refractivity contribution is 6.23. The summed E-state index contributed by atoms with van der Waals surface area (Å²) in [5.41, 5.74) is 10.4. The Bertz CT molecular complexity index is 2600. The smallest absolute Gasteiger partial charge is 0.0372 e. The Labute approximate surface area is 306 Å². The molecule has 8 aromatic rings. The molecule has 0 aromatic heterocycles. The molecular formula is C50H44N2. The molecule has 2 nitrogen and oxygen atoms in total. The van der Waals surface area contributed by atoms with E-state index in [1.165, 1.54) is 126 Å². The van der Waals surface area contributed by atoms with Crippen LogP contribution in [0.4, 0.5) is 11.4 Å². The molecule has 0 saturated carbocycles. The number of hydrogen-bond acceptors (Lipinski definition) is 2. The molecule has 2 saturated heterocycles. The van der Waals surface area contributed by atoms with E-state index in [9.17, 15) is 0 Å². The average molecular weight is 673 g/mol. The number of nitrogens with zero attached hydrogens (tertiary/aromatic N) is 2. The lowest BCUT2D eigenvalue weighted by molar-refractivity contribution is 0.578. The van der Waals surface area contributed by atoms with Crippen molar-refractivity contribution in [3.63, 3.8) is 0 Å². The van der Waals surface area contributed by atoms with Crippen LogP contribution >= 0.6 is 0 Å². The molecule has 0 aliphatic carbocycles. The zero-order chi connectivity index (χ0) is 34.4. The van der Waals surface area contributed by atoms with Gasteiger partial charge in [-0.05, 0) is 157 Å². The summed E-state index contributed by atoms with van der Waals surface area (Å²) in [5.74, 6) is 0. The van der Waals surface area contributed by atoms with Crippen LogP contribution in [0.25, 0.3) is 76.5 Å². The van der Waals surface area contributed by atoms with Crippen LogP contribution in [0.3, 0.4) is 0 Å². The number of rotatable bonds is 5. The van der Waals surface area contributed by atoms with Gasteiger partial charge in [-0.1, -0.05) is 103 Å². The van der Waals surface area contributed by atoms with Crippen LogP contribution in [0.15, 0.2) is 146 Å². The fourth-order valence-electron chi connectivity index (χ4n) is 9.09. The van der Waals surface area contributed by atoms with Gasteiger partial charge in [0, 0.05) is 37.6 Å². The molecular weight excluding hydrogens is 629 g/mol. The van der Waals surface area contributed by atoms with Gasteiger partial charge in [-0.25, -0.2) is 0 Å². The van der Waals surface area contributed by atoms with Crippen molar-refractivity contribution < 1.29 is 0 Å². The second kappa shape index (κ2) is 13.2. The van der Waals surface area contributed by atoms with E-state index in [2.05, 4.69) is 155 Å². The van der Waals surface area contributed by atoms with Crippen LogP contribution in [0.1, 0.15) is 38.5 Å². The Kier molecular flexibility index (Phi) is 7.90. The lowest BCUT2D eigenvalue weighted by atomic mass is 9.84. The molecule has 2 aliphatic rings.